The van der Waals surface area contributed by atoms with Crippen molar-refractivity contribution in [3.05, 3.63) is 23.4 Å². The van der Waals surface area contributed by atoms with Gasteiger partial charge in [-0.1, -0.05) is 20.8 Å². The number of anilines is 1. The van der Waals surface area contributed by atoms with Crippen LogP contribution in [0.3, 0.4) is 0 Å². The van der Waals surface area contributed by atoms with Gasteiger partial charge in [-0.3, -0.25) is 0 Å². The van der Waals surface area contributed by atoms with Gasteiger partial charge in [0.2, 0.25) is 0 Å². The Morgan fingerprint density at radius 3 is 2.62 bits per heavy atom. The van der Waals surface area contributed by atoms with Crippen LogP contribution in [0.15, 0.2) is 12.1 Å². The normalized spacial score (nSPS) is 15.3. The predicted octanol–water partition coefficient (Wildman–Crippen LogP) is 3.43. The number of rotatable bonds is 7. The van der Waals surface area contributed by atoms with Crippen LogP contribution in [0, 0.1) is 0 Å². The highest BCUT2D eigenvalue weighted by Gasteiger charge is 2.22. The van der Waals surface area contributed by atoms with E-state index < -0.39 is 0 Å². The van der Waals surface area contributed by atoms with Crippen LogP contribution in [-0.2, 0) is 12.0 Å². The Hall–Kier alpha value is -0.740. The Balaban J connectivity index is 2.18. The maximum Gasteiger partial charge on any atom is 0.128 e. The van der Waals surface area contributed by atoms with E-state index in [-0.39, 0.29) is 5.41 Å². The van der Waals surface area contributed by atoms with E-state index in [0.29, 0.717) is 0 Å². The van der Waals surface area contributed by atoms with Gasteiger partial charge in [0.1, 0.15) is 5.82 Å². The molecule has 0 saturated heterocycles. The maximum absolute atomic E-state index is 4.89. The summed E-state index contributed by atoms with van der Waals surface area (Å²) in [6.45, 7) is 8.70. The molecule has 1 aliphatic carbocycles. The molecule has 2 rings (SSSR count). The van der Waals surface area contributed by atoms with E-state index in [2.05, 4.69) is 56.4 Å². The van der Waals surface area contributed by atoms with Crippen LogP contribution >= 0.6 is 11.8 Å². The second-order valence-electron chi connectivity index (χ2n) is 7.04. The highest BCUT2D eigenvalue weighted by molar-refractivity contribution is 7.98. The predicted molar refractivity (Wildman–Crippen MR) is 94.5 cm³/mol. The van der Waals surface area contributed by atoms with Gasteiger partial charge in [0.05, 0.1) is 0 Å². The fourth-order valence-corrected chi connectivity index (χ4v) is 2.60. The first-order valence-electron chi connectivity index (χ1n) is 7.85. The first-order valence-corrected chi connectivity index (χ1v) is 9.24. The van der Waals surface area contributed by atoms with Crippen molar-refractivity contribution in [2.75, 3.05) is 30.5 Å². The van der Waals surface area contributed by atoms with Crippen molar-refractivity contribution in [1.29, 1.82) is 0 Å². The number of aromatic nitrogens is 1. The third-order valence-corrected chi connectivity index (χ3v) is 4.42. The Morgan fingerprint density at radius 1 is 1.33 bits per heavy atom. The lowest BCUT2D eigenvalue weighted by molar-refractivity contribution is 0.565. The molecule has 1 aliphatic rings. The number of nitrogens with zero attached hydrogens (tertiary/aromatic N) is 2. The van der Waals surface area contributed by atoms with Crippen LogP contribution in [0.5, 0.6) is 0 Å². The summed E-state index contributed by atoms with van der Waals surface area (Å²) < 4.78 is 0. The van der Waals surface area contributed by atoms with Gasteiger partial charge in [0.15, 0.2) is 0 Å². The Bertz CT molecular complexity index is 464. The van der Waals surface area contributed by atoms with Gasteiger partial charge in [0.25, 0.3) is 0 Å². The summed E-state index contributed by atoms with van der Waals surface area (Å²) in [6, 6.07) is 5.25. The van der Waals surface area contributed by atoms with E-state index in [1.807, 2.05) is 11.8 Å². The van der Waals surface area contributed by atoms with Crippen LogP contribution in [0.4, 0.5) is 5.82 Å². The minimum atomic E-state index is 0.0880. The number of pyridine rings is 1. The SMILES string of the molecule is CSCCN(C)c1cc(CNC2CC2)cc(C(C)(C)C)n1. The van der Waals surface area contributed by atoms with Crippen LogP contribution in [-0.4, -0.2) is 36.6 Å². The standard InChI is InChI=1S/C17H29N3S/c1-17(2,3)15-10-13(12-18-14-6-7-14)11-16(19-15)20(4)8-9-21-5/h10-11,14,18H,6-9,12H2,1-5H3. The number of thioether (sulfide) groups is 1. The lowest BCUT2D eigenvalue weighted by atomic mass is 9.90. The van der Waals surface area contributed by atoms with Crippen molar-refractivity contribution < 1.29 is 0 Å². The minimum absolute atomic E-state index is 0.0880. The molecule has 1 aromatic rings. The number of hydrogen-bond donors (Lipinski definition) is 1. The van der Waals surface area contributed by atoms with Crippen molar-refractivity contribution in [2.24, 2.45) is 0 Å². The van der Waals surface area contributed by atoms with Crippen LogP contribution in [0.2, 0.25) is 0 Å². The van der Waals surface area contributed by atoms with E-state index >= 15 is 0 Å². The molecular weight excluding hydrogens is 278 g/mol. The Kier molecular flexibility index (Phi) is 5.55. The minimum Gasteiger partial charge on any atom is -0.359 e. The van der Waals surface area contributed by atoms with Crippen LogP contribution < -0.4 is 10.2 Å². The summed E-state index contributed by atoms with van der Waals surface area (Å²) in [4.78, 5) is 7.16. The number of nitrogens with one attached hydrogen (secondary N) is 1. The molecule has 0 unspecified atom stereocenters. The zero-order valence-corrected chi connectivity index (χ0v) is 14.9. The summed E-state index contributed by atoms with van der Waals surface area (Å²) in [6.07, 6.45) is 4.81. The first kappa shape index (κ1) is 16.6. The molecule has 4 heteroatoms. The summed E-state index contributed by atoms with van der Waals surface area (Å²) >= 11 is 1.88. The first-order chi connectivity index (χ1) is 9.90. The van der Waals surface area contributed by atoms with E-state index in [0.717, 1.165) is 30.7 Å². The summed E-state index contributed by atoms with van der Waals surface area (Å²) in [5.41, 5.74) is 2.63. The summed E-state index contributed by atoms with van der Waals surface area (Å²) in [5, 5.41) is 3.61. The fraction of sp³-hybridized carbons (Fsp3) is 0.706. The smallest absolute Gasteiger partial charge is 0.128 e. The molecule has 118 valence electrons. The van der Waals surface area contributed by atoms with Crippen molar-refractivity contribution in [3.63, 3.8) is 0 Å². The summed E-state index contributed by atoms with van der Waals surface area (Å²) in [7, 11) is 2.14. The quantitative estimate of drug-likeness (QED) is 0.835. The molecule has 0 atom stereocenters. The third kappa shape index (κ3) is 5.19. The molecule has 0 bridgehead atoms. The van der Waals surface area contributed by atoms with Crippen molar-refractivity contribution >= 4 is 17.6 Å². The molecule has 1 heterocycles. The lowest BCUT2D eigenvalue weighted by Gasteiger charge is -2.24. The molecule has 0 radical (unpaired) electrons. The Morgan fingerprint density at radius 2 is 2.05 bits per heavy atom. The molecule has 21 heavy (non-hydrogen) atoms. The van der Waals surface area contributed by atoms with E-state index in [4.69, 9.17) is 4.98 Å². The molecule has 0 amide bonds. The topological polar surface area (TPSA) is 28.2 Å². The molecule has 0 aliphatic heterocycles. The zero-order valence-electron chi connectivity index (χ0n) is 14.1. The van der Waals surface area contributed by atoms with Gasteiger partial charge in [-0.15, -0.1) is 0 Å². The molecule has 1 N–H and O–H groups in total. The average molecular weight is 308 g/mol. The van der Waals surface area contributed by atoms with Gasteiger partial charge in [0, 0.05) is 43.0 Å². The van der Waals surface area contributed by atoms with Gasteiger partial charge >= 0.3 is 0 Å². The highest BCUT2D eigenvalue weighted by atomic mass is 32.2. The molecule has 1 fully saturated rings. The molecular formula is C17H29N3S. The zero-order chi connectivity index (χ0) is 15.5. The van der Waals surface area contributed by atoms with Gasteiger partial charge in [-0.25, -0.2) is 4.98 Å². The molecule has 3 nitrogen and oxygen atoms in total. The molecule has 1 saturated carbocycles. The maximum atomic E-state index is 4.89. The fourth-order valence-electron chi connectivity index (χ4n) is 2.15. The largest absolute Gasteiger partial charge is 0.359 e. The van der Waals surface area contributed by atoms with E-state index in [9.17, 15) is 0 Å². The molecule has 0 spiro atoms. The van der Waals surface area contributed by atoms with E-state index in [1.165, 1.54) is 24.1 Å². The van der Waals surface area contributed by atoms with Crippen molar-refractivity contribution in [1.82, 2.24) is 10.3 Å². The average Bonchev–Trinajstić information content (AvgIpc) is 3.25. The van der Waals surface area contributed by atoms with Gasteiger partial charge in [-0.05, 0) is 36.8 Å². The van der Waals surface area contributed by atoms with Crippen LogP contribution in [0.25, 0.3) is 0 Å². The molecule has 0 aromatic carbocycles. The number of hydrogen-bond acceptors (Lipinski definition) is 4. The van der Waals surface area contributed by atoms with Crippen molar-refractivity contribution in [3.8, 4) is 0 Å². The van der Waals surface area contributed by atoms with E-state index in [1.54, 1.807) is 0 Å². The van der Waals surface area contributed by atoms with Gasteiger partial charge < -0.3 is 10.2 Å². The second-order valence-corrected chi connectivity index (χ2v) is 8.02. The highest BCUT2D eigenvalue weighted by Crippen LogP contribution is 2.25. The summed E-state index contributed by atoms with van der Waals surface area (Å²) in [5.74, 6) is 2.23. The Labute approximate surface area is 133 Å². The van der Waals surface area contributed by atoms with Crippen molar-refractivity contribution in [2.45, 2.75) is 51.6 Å². The molecule has 1 aromatic heterocycles. The second kappa shape index (κ2) is 7.01. The van der Waals surface area contributed by atoms with Gasteiger partial charge in [-0.2, -0.15) is 11.8 Å². The third-order valence-electron chi connectivity index (χ3n) is 3.83. The monoisotopic (exact) mass is 307 g/mol. The van der Waals surface area contributed by atoms with Crippen LogP contribution in [0.1, 0.15) is 44.9 Å². The lowest BCUT2D eigenvalue weighted by Crippen LogP contribution is -2.24.